The SMILES string of the molecule is CO[C@@H]1COC[C@@H]2C(Oc3cc(F)ccc3N)CO[C@@H]21. The van der Waals surface area contributed by atoms with Crippen LogP contribution in [-0.4, -0.2) is 45.2 Å². The van der Waals surface area contributed by atoms with E-state index in [0.29, 0.717) is 31.3 Å². The quantitative estimate of drug-likeness (QED) is 0.845. The molecule has 6 heteroatoms. The molecule has 0 aliphatic carbocycles. The Morgan fingerprint density at radius 3 is 2.90 bits per heavy atom. The molecule has 1 aromatic carbocycles. The van der Waals surface area contributed by atoms with Crippen molar-refractivity contribution in [3.63, 3.8) is 0 Å². The van der Waals surface area contributed by atoms with E-state index in [1.165, 1.54) is 18.2 Å². The van der Waals surface area contributed by atoms with E-state index in [4.69, 9.17) is 24.7 Å². The molecule has 0 saturated carbocycles. The van der Waals surface area contributed by atoms with Crippen LogP contribution in [0.2, 0.25) is 0 Å². The van der Waals surface area contributed by atoms with Crippen molar-refractivity contribution in [3.8, 4) is 5.75 Å². The molecular formula is C14H18FNO4. The van der Waals surface area contributed by atoms with Gasteiger partial charge in [-0.1, -0.05) is 0 Å². The summed E-state index contributed by atoms with van der Waals surface area (Å²) in [7, 11) is 1.64. The van der Waals surface area contributed by atoms with Gasteiger partial charge in [0, 0.05) is 13.2 Å². The number of halogens is 1. The highest BCUT2D eigenvalue weighted by atomic mass is 19.1. The number of benzene rings is 1. The summed E-state index contributed by atoms with van der Waals surface area (Å²) >= 11 is 0. The van der Waals surface area contributed by atoms with Crippen LogP contribution in [-0.2, 0) is 14.2 Å². The molecule has 2 fully saturated rings. The van der Waals surface area contributed by atoms with Crippen LogP contribution in [0.1, 0.15) is 0 Å². The Bertz CT molecular complexity index is 484. The molecule has 4 atom stereocenters. The van der Waals surface area contributed by atoms with Crippen molar-refractivity contribution in [1.29, 1.82) is 0 Å². The van der Waals surface area contributed by atoms with E-state index >= 15 is 0 Å². The molecule has 110 valence electrons. The standard InChI is InChI=1S/C14H18FNO4/c1-17-13-6-18-5-9-12(7-19-14(9)13)20-11-4-8(15)2-3-10(11)16/h2-4,9,12-14H,5-7,16H2,1H3/t9-,12?,13-,14+/m1/s1. The van der Waals surface area contributed by atoms with Gasteiger partial charge in [-0.05, 0) is 12.1 Å². The Balaban J connectivity index is 1.74. The van der Waals surface area contributed by atoms with Crippen LogP contribution in [0.4, 0.5) is 10.1 Å². The predicted octanol–water partition coefficient (Wildman–Crippen LogP) is 1.22. The zero-order valence-corrected chi connectivity index (χ0v) is 11.3. The third kappa shape index (κ3) is 2.46. The minimum Gasteiger partial charge on any atom is -0.485 e. The first-order valence-electron chi connectivity index (χ1n) is 6.63. The monoisotopic (exact) mass is 283 g/mol. The van der Waals surface area contributed by atoms with Crippen molar-refractivity contribution in [1.82, 2.24) is 0 Å². The number of hydrogen-bond donors (Lipinski definition) is 1. The third-order valence-electron chi connectivity index (χ3n) is 3.87. The average Bonchev–Trinajstić information content (AvgIpc) is 2.86. The average molecular weight is 283 g/mol. The molecule has 0 amide bonds. The Morgan fingerprint density at radius 2 is 2.10 bits per heavy atom. The van der Waals surface area contributed by atoms with E-state index in [2.05, 4.69) is 0 Å². The van der Waals surface area contributed by atoms with Crippen LogP contribution in [0.3, 0.4) is 0 Å². The zero-order valence-electron chi connectivity index (χ0n) is 11.3. The predicted molar refractivity (Wildman–Crippen MR) is 70.1 cm³/mol. The first kappa shape index (κ1) is 13.6. The maximum atomic E-state index is 13.3. The molecule has 0 aromatic heterocycles. The van der Waals surface area contributed by atoms with Gasteiger partial charge in [-0.3, -0.25) is 0 Å². The number of hydrogen-bond acceptors (Lipinski definition) is 5. The maximum absolute atomic E-state index is 13.3. The summed E-state index contributed by atoms with van der Waals surface area (Å²) in [5, 5.41) is 0. The van der Waals surface area contributed by atoms with E-state index < -0.39 is 0 Å². The fourth-order valence-electron chi connectivity index (χ4n) is 2.76. The number of nitrogen functional groups attached to an aromatic ring is 1. The Morgan fingerprint density at radius 1 is 1.25 bits per heavy atom. The highest BCUT2D eigenvalue weighted by molar-refractivity contribution is 5.52. The number of anilines is 1. The Hall–Kier alpha value is -1.37. The van der Waals surface area contributed by atoms with Crippen molar-refractivity contribution >= 4 is 5.69 Å². The number of nitrogens with two attached hydrogens (primary N) is 1. The summed E-state index contributed by atoms with van der Waals surface area (Å²) < 4.78 is 35.7. The van der Waals surface area contributed by atoms with Crippen LogP contribution < -0.4 is 10.5 Å². The lowest BCUT2D eigenvalue weighted by molar-refractivity contribution is -0.126. The Kier molecular flexibility index (Phi) is 3.78. The molecule has 2 aliphatic heterocycles. The molecule has 0 spiro atoms. The first-order chi connectivity index (χ1) is 9.69. The first-order valence-corrected chi connectivity index (χ1v) is 6.63. The number of methoxy groups -OCH3 is 1. The van der Waals surface area contributed by atoms with E-state index in [1.54, 1.807) is 7.11 Å². The fraction of sp³-hybridized carbons (Fsp3) is 0.571. The van der Waals surface area contributed by atoms with Crippen molar-refractivity contribution in [2.45, 2.75) is 18.3 Å². The van der Waals surface area contributed by atoms with E-state index in [9.17, 15) is 4.39 Å². The van der Waals surface area contributed by atoms with Crippen molar-refractivity contribution < 1.29 is 23.3 Å². The molecule has 2 heterocycles. The largest absolute Gasteiger partial charge is 0.485 e. The number of ether oxygens (including phenoxy) is 4. The van der Waals surface area contributed by atoms with Gasteiger partial charge < -0.3 is 24.7 Å². The molecule has 2 saturated heterocycles. The second-order valence-corrected chi connectivity index (χ2v) is 5.11. The van der Waals surface area contributed by atoms with Gasteiger partial charge in [0.2, 0.25) is 0 Å². The summed E-state index contributed by atoms with van der Waals surface area (Å²) in [6.07, 6.45) is -0.345. The molecule has 20 heavy (non-hydrogen) atoms. The van der Waals surface area contributed by atoms with Gasteiger partial charge in [0.15, 0.2) is 0 Å². The van der Waals surface area contributed by atoms with Gasteiger partial charge in [-0.15, -0.1) is 0 Å². The molecule has 0 bridgehead atoms. The van der Waals surface area contributed by atoms with E-state index in [1.807, 2.05) is 0 Å². The lowest BCUT2D eigenvalue weighted by Gasteiger charge is -2.33. The summed E-state index contributed by atoms with van der Waals surface area (Å²) in [4.78, 5) is 0. The van der Waals surface area contributed by atoms with Crippen LogP contribution in [0.25, 0.3) is 0 Å². The van der Waals surface area contributed by atoms with Gasteiger partial charge >= 0.3 is 0 Å². The zero-order chi connectivity index (χ0) is 14.1. The van der Waals surface area contributed by atoms with Gasteiger partial charge in [0.05, 0.1) is 37.5 Å². The molecular weight excluding hydrogens is 265 g/mol. The minimum atomic E-state index is -0.376. The van der Waals surface area contributed by atoms with Crippen LogP contribution in [0.15, 0.2) is 18.2 Å². The molecule has 1 unspecified atom stereocenters. The summed E-state index contributed by atoms with van der Waals surface area (Å²) in [5.41, 5.74) is 6.21. The van der Waals surface area contributed by atoms with E-state index in [0.717, 1.165) is 0 Å². The lowest BCUT2D eigenvalue weighted by Crippen LogP contribution is -2.46. The van der Waals surface area contributed by atoms with Crippen LogP contribution >= 0.6 is 0 Å². The summed E-state index contributed by atoms with van der Waals surface area (Å²) in [6.45, 7) is 1.49. The topological polar surface area (TPSA) is 62.9 Å². The fourth-order valence-corrected chi connectivity index (χ4v) is 2.76. The number of fused-ring (bicyclic) bond motifs is 1. The smallest absolute Gasteiger partial charge is 0.145 e. The minimum absolute atomic E-state index is 0.0477. The molecule has 3 rings (SSSR count). The van der Waals surface area contributed by atoms with Crippen LogP contribution in [0, 0.1) is 11.7 Å². The molecule has 0 radical (unpaired) electrons. The second kappa shape index (κ2) is 5.55. The molecule has 1 aromatic rings. The van der Waals surface area contributed by atoms with Crippen molar-refractivity contribution in [3.05, 3.63) is 24.0 Å². The molecule has 2 aliphatic rings. The highest BCUT2D eigenvalue weighted by Gasteiger charge is 2.46. The van der Waals surface area contributed by atoms with Gasteiger partial charge in [-0.2, -0.15) is 0 Å². The van der Waals surface area contributed by atoms with Gasteiger partial charge in [-0.25, -0.2) is 4.39 Å². The molecule has 5 nitrogen and oxygen atoms in total. The third-order valence-corrected chi connectivity index (χ3v) is 3.87. The lowest BCUT2D eigenvalue weighted by atomic mass is 9.94. The normalized spacial score (nSPS) is 32.9. The summed E-state index contributed by atoms with van der Waals surface area (Å²) in [5.74, 6) is 0.0366. The van der Waals surface area contributed by atoms with E-state index in [-0.39, 0.29) is 30.0 Å². The maximum Gasteiger partial charge on any atom is 0.145 e. The Labute approximate surface area is 116 Å². The summed E-state index contributed by atoms with van der Waals surface area (Å²) in [6, 6.07) is 4.09. The van der Waals surface area contributed by atoms with Gasteiger partial charge in [0.25, 0.3) is 0 Å². The molecule has 2 N–H and O–H groups in total. The van der Waals surface area contributed by atoms with Crippen LogP contribution in [0.5, 0.6) is 5.75 Å². The second-order valence-electron chi connectivity index (χ2n) is 5.11. The van der Waals surface area contributed by atoms with Crippen molar-refractivity contribution in [2.75, 3.05) is 32.7 Å². The number of rotatable bonds is 3. The van der Waals surface area contributed by atoms with Crippen molar-refractivity contribution in [2.24, 2.45) is 5.92 Å². The van der Waals surface area contributed by atoms with Gasteiger partial charge in [0.1, 0.15) is 23.8 Å². The highest BCUT2D eigenvalue weighted by Crippen LogP contribution is 2.33.